The first-order chi connectivity index (χ1) is 9.38. The van der Waals surface area contributed by atoms with Crippen LogP contribution in [0.1, 0.15) is 33.6 Å². The highest BCUT2D eigenvalue weighted by Crippen LogP contribution is 2.27. The Morgan fingerprint density at radius 3 is 2.40 bits per heavy atom. The van der Waals surface area contributed by atoms with E-state index in [-0.39, 0.29) is 16.1 Å². The third-order valence-electron chi connectivity index (χ3n) is 3.90. The van der Waals surface area contributed by atoms with E-state index in [2.05, 4.69) is 31.0 Å². The number of hydrogen-bond donors (Lipinski definition) is 1. The second-order valence-corrected chi connectivity index (χ2v) is 6.35. The average Bonchev–Trinajstić information content (AvgIpc) is 2.38. The van der Waals surface area contributed by atoms with Gasteiger partial charge in [-0.2, -0.15) is 0 Å². The number of likely N-dealkylation sites (tertiary alicyclic amines) is 1. The summed E-state index contributed by atoms with van der Waals surface area (Å²) in [7, 11) is 0. The van der Waals surface area contributed by atoms with Gasteiger partial charge >= 0.3 is 0 Å². The summed E-state index contributed by atoms with van der Waals surface area (Å²) in [6, 6.07) is 7.18. The van der Waals surface area contributed by atoms with Crippen LogP contribution in [0.4, 0.5) is 11.4 Å². The summed E-state index contributed by atoms with van der Waals surface area (Å²) in [4.78, 5) is 13.1. The zero-order valence-electron chi connectivity index (χ0n) is 12.4. The third kappa shape index (κ3) is 3.48. The maximum Gasteiger partial charge on any atom is 0.292 e. The predicted octanol–water partition coefficient (Wildman–Crippen LogP) is 3.27. The van der Waals surface area contributed by atoms with Crippen molar-refractivity contribution in [3.63, 3.8) is 0 Å². The molecule has 0 bridgehead atoms. The molecule has 5 nitrogen and oxygen atoms in total. The molecule has 1 saturated heterocycles. The molecular formula is C15H23N3O2. The Morgan fingerprint density at radius 1 is 1.25 bits per heavy atom. The molecule has 1 aromatic carbocycles. The minimum Gasteiger partial charge on any atom is -0.377 e. The number of piperidine rings is 1. The summed E-state index contributed by atoms with van der Waals surface area (Å²) in [6.45, 7) is 8.73. The first-order valence-corrected chi connectivity index (χ1v) is 7.13. The molecule has 0 aromatic heterocycles. The number of hydrogen-bond acceptors (Lipinski definition) is 4. The highest BCUT2D eigenvalue weighted by atomic mass is 16.6. The summed E-state index contributed by atoms with van der Waals surface area (Å²) in [6.07, 6.45) is 2.03. The lowest BCUT2D eigenvalue weighted by atomic mass is 9.98. The number of nitrogens with zero attached hydrogens (tertiary/aromatic N) is 2. The van der Waals surface area contributed by atoms with Gasteiger partial charge in [-0.3, -0.25) is 15.0 Å². The number of anilines is 1. The molecule has 2 rings (SSSR count). The molecule has 0 unspecified atom stereocenters. The van der Waals surface area contributed by atoms with Gasteiger partial charge in [0.15, 0.2) is 0 Å². The Labute approximate surface area is 120 Å². The molecule has 0 atom stereocenters. The van der Waals surface area contributed by atoms with E-state index in [9.17, 15) is 10.1 Å². The number of para-hydroxylation sites is 2. The Hall–Kier alpha value is -1.62. The zero-order chi connectivity index (χ0) is 14.8. The number of nitro benzene ring substituents is 1. The van der Waals surface area contributed by atoms with Crippen LogP contribution in [0.15, 0.2) is 24.3 Å². The Kier molecular flexibility index (Phi) is 4.28. The summed E-state index contributed by atoms with van der Waals surface area (Å²) in [5, 5.41) is 14.3. The Balaban J connectivity index is 1.98. The molecule has 20 heavy (non-hydrogen) atoms. The molecule has 1 aliphatic rings. The van der Waals surface area contributed by atoms with Crippen LogP contribution >= 0.6 is 0 Å². The molecule has 0 spiro atoms. The van der Waals surface area contributed by atoms with E-state index in [1.54, 1.807) is 18.2 Å². The van der Waals surface area contributed by atoms with E-state index in [1.807, 2.05) is 6.07 Å². The van der Waals surface area contributed by atoms with Crippen LogP contribution < -0.4 is 5.32 Å². The number of nitro groups is 1. The fraction of sp³-hybridized carbons (Fsp3) is 0.600. The molecule has 0 amide bonds. The van der Waals surface area contributed by atoms with Gasteiger partial charge in [-0.05, 0) is 39.7 Å². The smallest absolute Gasteiger partial charge is 0.292 e. The molecule has 1 N–H and O–H groups in total. The average molecular weight is 277 g/mol. The lowest BCUT2D eigenvalue weighted by Crippen LogP contribution is -2.48. The summed E-state index contributed by atoms with van der Waals surface area (Å²) in [5.74, 6) is 0. The third-order valence-corrected chi connectivity index (χ3v) is 3.90. The lowest BCUT2D eigenvalue weighted by Gasteiger charge is -2.41. The topological polar surface area (TPSA) is 58.4 Å². The zero-order valence-corrected chi connectivity index (χ0v) is 12.4. The van der Waals surface area contributed by atoms with Gasteiger partial charge < -0.3 is 5.32 Å². The maximum atomic E-state index is 11.0. The van der Waals surface area contributed by atoms with Gasteiger partial charge in [0.2, 0.25) is 0 Å². The molecule has 1 aromatic rings. The van der Waals surface area contributed by atoms with E-state index in [0.29, 0.717) is 11.7 Å². The quantitative estimate of drug-likeness (QED) is 0.680. The van der Waals surface area contributed by atoms with Crippen molar-refractivity contribution in [1.82, 2.24) is 4.90 Å². The van der Waals surface area contributed by atoms with Crippen molar-refractivity contribution in [3.8, 4) is 0 Å². The van der Waals surface area contributed by atoms with Crippen LogP contribution in [0.3, 0.4) is 0 Å². The van der Waals surface area contributed by atoms with Crippen molar-refractivity contribution >= 4 is 11.4 Å². The van der Waals surface area contributed by atoms with Crippen LogP contribution in [-0.4, -0.2) is 34.5 Å². The van der Waals surface area contributed by atoms with Crippen LogP contribution in [-0.2, 0) is 0 Å². The van der Waals surface area contributed by atoms with Crippen molar-refractivity contribution in [2.75, 3.05) is 18.4 Å². The normalized spacial score (nSPS) is 17.9. The van der Waals surface area contributed by atoms with E-state index in [0.717, 1.165) is 25.9 Å². The standard InChI is InChI=1S/C15H23N3O2/c1-15(2,3)17-10-8-12(9-11-17)16-13-6-4-5-7-14(13)18(19)20/h4-7,12,16H,8-11H2,1-3H3. The van der Waals surface area contributed by atoms with Crippen molar-refractivity contribution in [3.05, 3.63) is 34.4 Å². The molecule has 110 valence electrons. The van der Waals surface area contributed by atoms with Gasteiger partial charge in [0.25, 0.3) is 5.69 Å². The second kappa shape index (κ2) is 5.79. The molecule has 1 fully saturated rings. The lowest BCUT2D eigenvalue weighted by molar-refractivity contribution is -0.384. The van der Waals surface area contributed by atoms with Gasteiger partial charge in [-0.1, -0.05) is 12.1 Å². The number of rotatable bonds is 3. The van der Waals surface area contributed by atoms with E-state index in [4.69, 9.17) is 0 Å². The van der Waals surface area contributed by atoms with Crippen LogP contribution in [0.5, 0.6) is 0 Å². The van der Waals surface area contributed by atoms with Crippen molar-refractivity contribution in [2.24, 2.45) is 0 Å². The van der Waals surface area contributed by atoms with Crippen LogP contribution in [0.2, 0.25) is 0 Å². The molecule has 0 radical (unpaired) electrons. The van der Waals surface area contributed by atoms with Gasteiger partial charge in [-0.25, -0.2) is 0 Å². The van der Waals surface area contributed by atoms with Crippen LogP contribution in [0.25, 0.3) is 0 Å². The largest absolute Gasteiger partial charge is 0.377 e. The minimum atomic E-state index is -0.327. The highest BCUT2D eigenvalue weighted by molar-refractivity contribution is 5.61. The predicted molar refractivity (Wildman–Crippen MR) is 81.1 cm³/mol. The summed E-state index contributed by atoms with van der Waals surface area (Å²) >= 11 is 0. The van der Waals surface area contributed by atoms with Crippen molar-refractivity contribution < 1.29 is 4.92 Å². The Morgan fingerprint density at radius 2 is 1.85 bits per heavy atom. The highest BCUT2D eigenvalue weighted by Gasteiger charge is 2.27. The van der Waals surface area contributed by atoms with Crippen molar-refractivity contribution in [2.45, 2.75) is 45.2 Å². The van der Waals surface area contributed by atoms with E-state index in [1.165, 1.54) is 0 Å². The van der Waals surface area contributed by atoms with E-state index >= 15 is 0 Å². The molecule has 1 aliphatic heterocycles. The van der Waals surface area contributed by atoms with E-state index < -0.39 is 0 Å². The monoisotopic (exact) mass is 277 g/mol. The summed E-state index contributed by atoms with van der Waals surface area (Å²) in [5.41, 5.74) is 0.987. The molecular weight excluding hydrogens is 254 g/mol. The van der Waals surface area contributed by atoms with Crippen LogP contribution in [0, 0.1) is 10.1 Å². The van der Waals surface area contributed by atoms with Gasteiger partial charge in [0, 0.05) is 30.7 Å². The number of nitrogens with one attached hydrogen (secondary N) is 1. The second-order valence-electron chi connectivity index (χ2n) is 6.35. The van der Waals surface area contributed by atoms with Gasteiger partial charge in [-0.15, -0.1) is 0 Å². The fourth-order valence-corrected chi connectivity index (χ4v) is 2.67. The molecule has 1 heterocycles. The molecule has 0 saturated carbocycles. The minimum absolute atomic E-state index is 0.158. The SMILES string of the molecule is CC(C)(C)N1CCC(Nc2ccccc2[N+](=O)[O-])CC1. The van der Waals surface area contributed by atoms with Gasteiger partial charge in [0.1, 0.15) is 5.69 Å². The fourth-order valence-electron chi connectivity index (χ4n) is 2.67. The Bertz CT molecular complexity index is 474. The first kappa shape index (κ1) is 14.8. The number of benzene rings is 1. The molecule has 0 aliphatic carbocycles. The summed E-state index contributed by atoms with van der Waals surface area (Å²) < 4.78 is 0. The maximum absolute atomic E-state index is 11.0. The van der Waals surface area contributed by atoms with Crippen molar-refractivity contribution in [1.29, 1.82) is 0 Å². The first-order valence-electron chi connectivity index (χ1n) is 7.13. The molecule has 5 heteroatoms. The van der Waals surface area contributed by atoms with Gasteiger partial charge in [0.05, 0.1) is 4.92 Å².